The number of rotatable bonds is 5. The van der Waals surface area contributed by atoms with E-state index < -0.39 is 0 Å². The Morgan fingerprint density at radius 3 is 2.71 bits per heavy atom. The van der Waals surface area contributed by atoms with Crippen LogP contribution >= 0.6 is 0 Å². The SMILES string of the molecule is Cc1nc(CCN)cc(N2CCCN(CC(C)C)CC2)n1. The van der Waals surface area contributed by atoms with Gasteiger partial charge in [-0.3, -0.25) is 0 Å². The molecule has 0 atom stereocenters. The molecule has 0 aliphatic carbocycles. The fourth-order valence-electron chi connectivity index (χ4n) is 2.95. The summed E-state index contributed by atoms with van der Waals surface area (Å²) in [5.74, 6) is 2.64. The highest BCUT2D eigenvalue weighted by Gasteiger charge is 2.17. The molecule has 0 bridgehead atoms. The first-order valence-corrected chi connectivity index (χ1v) is 8.10. The van der Waals surface area contributed by atoms with Crippen molar-refractivity contribution in [3.05, 3.63) is 17.6 Å². The quantitative estimate of drug-likeness (QED) is 0.890. The molecule has 0 radical (unpaired) electrons. The molecule has 2 heterocycles. The fourth-order valence-corrected chi connectivity index (χ4v) is 2.95. The minimum absolute atomic E-state index is 0.637. The summed E-state index contributed by atoms with van der Waals surface area (Å²) in [5.41, 5.74) is 6.71. The predicted molar refractivity (Wildman–Crippen MR) is 87.6 cm³/mol. The molecule has 1 aromatic rings. The third-order valence-corrected chi connectivity index (χ3v) is 3.81. The van der Waals surface area contributed by atoms with E-state index in [0.29, 0.717) is 6.54 Å². The van der Waals surface area contributed by atoms with Crippen LogP contribution in [0.2, 0.25) is 0 Å². The van der Waals surface area contributed by atoms with Crippen molar-refractivity contribution in [1.29, 1.82) is 0 Å². The van der Waals surface area contributed by atoms with Gasteiger partial charge in [0.25, 0.3) is 0 Å². The molecule has 2 N–H and O–H groups in total. The van der Waals surface area contributed by atoms with E-state index in [1.807, 2.05) is 6.92 Å². The Hall–Kier alpha value is -1.20. The number of nitrogens with zero attached hydrogens (tertiary/aromatic N) is 4. The molecule has 0 spiro atoms. The highest BCUT2D eigenvalue weighted by atomic mass is 15.2. The van der Waals surface area contributed by atoms with E-state index >= 15 is 0 Å². The monoisotopic (exact) mass is 291 g/mol. The van der Waals surface area contributed by atoms with E-state index in [9.17, 15) is 0 Å². The van der Waals surface area contributed by atoms with Crippen molar-refractivity contribution in [2.24, 2.45) is 11.7 Å². The van der Waals surface area contributed by atoms with Gasteiger partial charge in [0, 0.05) is 44.4 Å². The molecule has 21 heavy (non-hydrogen) atoms. The number of anilines is 1. The Morgan fingerprint density at radius 1 is 1.19 bits per heavy atom. The Labute approximate surface area is 128 Å². The molecular weight excluding hydrogens is 262 g/mol. The summed E-state index contributed by atoms with van der Waals surface area (Å²) in [4.78, 5) is 14.1. The summed E-state index contributed by atoms with van der Waals surface area (Å²) in [6.07, 6.45) is 2.02. The maximum Gasteiger partial charge on any atom is 0.132 e. The molecule has 0 amide bonds. The van der Waals surface area contributed by atoms with Gasteiger partial charge >= 0.3 is 0 Å². The van der Waals surface area contributed by atoms with Crippen molar-refractivity contribution >= 4 is 5.82 Å². The molecular formula is C16H29N5. The molecule has 0 saturated carbocycles. The minimum atomic E-state index is 0.637. The van der Waals surface area contributed by atoms with Crippen LogP contribution in [0.3, 0.4) is 0 Å². The Balaban J connectivity index is 2.04. The summed E-state index contributed by atoms with van der Waals surface area (Å²) in [5, 5.41) is 0. The molecule has 2 rings (SSSR count). The van der Waals surface area contributed by atoms with Crippen LogP contribution in [0.15, 0.2) is 6.07 Å². The first-order chi connectivity index (χ1) is 10.1. The zero-order valence-electron chi connectivity index (χ0n) is 13.7. The van der Waals surface area contributed by atoms with E-state index in [0.717, 1.165) is 49.3 Å². The van der Waals surface area contributed by atoms with Crippen molar-refractivity contribution in [2.45, 2.75) is 33.6 Å². The maximum atomic E-state index is 5.65. The van der Waals surface area contributed by atoms with Crippen LogP contribution in [0.5, 0.6) is 0 Å². The first-order valence-electron chi connectivity index (χ1n) is 8.10. The average molecular weight is 291 g/mol. The molecule has 1 fully saturated rings. The van der Waals surface area contributed by atoms with Crippen LogP contribution in [0.25, 0.3) is 0 Å². The van der Waals surface area contributed by atoms with Crippen LogP contribution in [0.1, 0.15) is 31.8 Å². The van der Waals surface area contributed by atoms with Crippen molar-refractivity contribution in [1.82, 2.24) is 14.9 Å². The van der Waals surface area contributed by atoms with Gasteiger partial charge in [0.05, 0.1) is 0 Å². The van der Waals surface area contributed by atoms with Crippen molar-refractivity contribution in [2.75, 3.05) is 44.2 Å². The van der Waals surface area contributed by atoms with Gasteiger partial charge in [-0.15, -0.1) is 0 Å². The van der Waals surface area contributed by atoms with Crippen molar-refractivity contribution < 1.29 is 0 Å². The number of aromatic nitrogens is 2. The Bertz CT molecular complexity index is 446. The molecule has 0 aromatic carbocycles. The third-order valence-electron chi connectivity index (χ3n) is 3.81. The van der Waals surface area contributed by atoms with Gasteiger partial charge in [-0.05, 0) is 32.4 Å². The second kappa shape index (κ2) is 7.71. The number of hydrogen-bond donors (Lipinski definition) is 1. The lowest BCUT2D eigenvalue weighted by molar-refractivity contribution is 0.261. The normalized spacial score (nSPS) is 17.3. The maximum absolute atomic E-state index is 5.65. The minimum Gasteiger partial charge on any atom is -0.355 e. The number of nitrogens with two attached hydrogens (primary N) is 1. The molecule has 0 unspecified atom stereocenters. The smallest absolute Gasteiger partial charge is 0.132 e. The molecule has 1 aromatic heterocycles. The van der Waals surface area contributed by atoms with E-state index in [2.05, 4.69) is 39.7 Å². The summed E-state index contributed by atoms with van der Waals surface area (Å²) in [7, 11) is 0. The second-order valence-corrected chi connectivity index (χ2v) is 6.34. The Morgan fingerprint density at radius 2 is 2.00 bits per heavy atom. The fraction of sp³-hybridized carbons (Fsp3) is 0.750. The lowest BCUT2D eigenvalue weighted by atomic mass is 10.2. The zero-order valence-corrected chi connectivity index (χ0v) is 13.7. The van der Waals surface area contributed by atoms with E-state index in [-0.39, 0.29) is 0 Å². The highest BCUT2D eigenvalue weighted by Crippen LogP contribution is 2.16. The molecule has 5 heteroatoms. The molecule has 1 aliphatic heterocycles. The number of hydrogen-bond acceptors (Lipinski definition) is 5. The van der Waals surface area contributed by atoms with E-state index in [4.69, 9.17) is 5.73 Å². The molecule has 1 aliphatic rings. The van der Waals surface area contributed by atoms with E-state index in [1.165, 1.54) is 19.5 Å². The number of aryl methyl sites for hydroxylation is 1. The molecule has 1 saturated heterocycles. The zero-order chi connectivity index (χ0) is 15.2. The first kappa shape index (κ1) is 16.2. The second-order valence-electron chi connectivity index (χ2n) is 6.34. The van der Waals surface area contributed by atoms with Crippen LogP contribution in [0, 0.1) is 12.8 Å². The third kappa shape index (κ3) is 4.93. The lowest BCUT2D eigenvalue weighted by Gasteiger charge is -2.24. The summed E-state index contributed by atoms with van der Waals surface area (Å²) < 4.78 is 0. The molecule has 118 valence electrons. The van der Waals surface area contributed by atoms with Gasteiger partial charge in [-0.1, -0.05) is 13.8 Å². The van der Waals surface area contributed by atoms with Crippen LogP contribution in [-0.4, -0.2) is 54.1 Å². The van der Waals surface area contributed by atoms with Gasteiger partial charge in [0.1, 0.15) is 11.6 Å². The van der Waals surface area contributed by atoms with Gasteiger partial charge in [0.15, 0.2) is 0 Å². The summed E-state index contributed by atoms with van der Waals surface area (Å²) in [6, 6.07) is 2.11. The van der Waals surface area contributed by atoms with Crippen LogP contribution < -0.4 is 10.6 Å². The molecule has 5 nitrogen and oxygen atoms in total. The highest BCUT2D eigenvalue weighted by molar-refractivity contribution is 5.40. The van der Waals surface area contributed by atoms with Gasteiger partial charge in [0.2, 0.25) is 0 Å². The standard InChI is InChI=1S/C16H29N5/c1-13(2)12-20-7-4-8-21(10-9-20)16-11-15(5-6-17)18-14(3)19-16/h11,13H,4-10,12,17H2,1-3H3. The average Bonchev–Trinajstić information content (AvgIpc) is 2.63. The van der Waals surface area contributed by atoms with Gasteiger partial charge in [-0.2, -0.15) is 0 Å². The predicted octanol–water partition coefficient (Wildman–Crippen LogP) is 1.45. The van der Waals surface area contributed by atoms with Crippen LogP contribution in [0.4, 0.5) is 5.82 Å². The van der Waals surface area contributed by atoms with Crippen molar-refractivity contribution in [3.63, 3.8) is 0 Å². The topological polar surface area (TPSA) is 58.3 Å². The van der Waals surface area contributed by atoms with Crippen LogP contribution in [-0.2, 0) is 6.42 Å². The van der Waals surface area contributed by atoms with Crippen molar-refractivity contribution in [3.8, 4) is 0 Å². The Kier molecular flexibility index (Phi) is 5.94. The van der Waals surface area contributed by atoms with Gasteiger partial charge < -0.3 is 15.5 Å². The summed E-state index contributed by atoms with van der Waals surface area (Å²) >= 11 is 0. The van der Waals surface area contributed by atoms with Gasteiger partial charge in [-0.25, -0.2) is 9.97 Å². The van der Waals surface area contributed by atoms with E-state index in [1.54, 1.807) is 0 Å². The summed E-state index contributed by atoms with van der Waals surface area (Å²) in [6.45, 7) is 12.8. The lowest BCUT2D eigenvalue weighted by Crippen LogP contribution is -2.33. The largest absolute Gasteiger partial charge is 0.355 e.